The largest absolute Gasteiger partial charge is 0.481 e. The molecule has 0 saturated carbocycles. The highest BCUT2D eigenvalue weighted by Crippen LogP contribution is 2.20. The zero-order valence-corrected chi connectivity index (χ0v) is 60.6. The van der Waals surface area contributed by atoms with Gasteiger partial charge in [0.25, 0.3) is 0 Å². The van der Waals surface area contributed by atoms with Crippen LogP contribution in [0.2, 0.25) is 0 Å². The molecule has 1 heterocycles. The molecular formula is C66H108N18O20. The number of fused-ring (bicyclic) bond motifs is 1. The molecule has 0 saturated heterocycles. The van der Waals surface area contributed by atoms with Gasteiger partial charge in [0.15, 0.2) is 0 Å². The van der Waals surface area contributed by atoms with Crippen LogP contribution in [-0.2, 0) is 83.1 Å². The Balaban J connectivity index is 2.25. The highest BCUT2D eigenvalue weighted by molar-refractivity contribution is 6.01. The summed E-state index contributed by atoms with van der Waals surface area (Å²) in [5.41, 5.74) is 24.2. The van der Waals surface area contributed by atoms with Gasteiger partial charge in [0.1, 0.15) is 78.5 Å². The lowest BCUT2D eigenvalue weighted by Crippen LogP contribution is -2.62. The van der Waals surface area contributed by atoms with Crippen molar-refractivity contribution < 1.29 is 97.1 Å². The molecule has 0 fully saturated rings. The summed E-state index contributed by atoms with van der Waals surface area (Å²) in [4.78, 5) is 217. The Hall–Kier alpha value is -9.92. The molecule has 1 aromatic heterocycles. The topological polar surface area (TPSA) is 630 Å². The standard InChI is InChI=1S/C66H108N18O20/c1-30(2)24-43(79-63(100)50(70)31(3)4)59(96)82-47(29-85)62(99)75-34(8)54(91)72-35(9)55(92)78-45(27-49(88)89)60(97)76-42(21-15-17-23-68)58(95)84-52(37(11)86)65(102)80-44(26-48(69)87)61(98)83-51(32(5)6)64(101)77-41(20-14-16-22-67)57(94)74-33(7)53(90)73-36(10)56(93)81-46(66(103)104)25-38-28-71-40-19-13-12-18-39(38)40/h12-13,18-19,28,30-37,41-47,50-52,71,85-86H,14-17,20-27,29,67-68,70H2,1-11H3,(H2,69,87)(H,72,91)(H,73,90)(H,74,94)(H,75,99)(H,76,97)(H,77,101)(H,78,92)(H,79,100)(H,80,102)(H,81,93)(H,82,96)(H,83,98)(H,84,95)(H,88,89)(H,103,104)/t33-,34-,35-,36-,37+,41-,42-,43-,44-,45-,46-,47-,50-,51-,52-/m0/s1. The summed E-state index contributed by atoms with van der Waals surface area (Å²) in [6.07, 6.45) is -1.49. The molecule has 15 atom stereocenters. The second kappa shape index (κ2) is 44.6. The second-order valence-electron chi connectivity index (χ2n) is 26.6. The lowest BCUT2D eigenvalue weighted by Gasteiger charge is -2.29. The van der Waals surface area contributed by atoms with E-state index in [2.05, 4.69) is 74.1 Å². The van der Waals surface area contributed by atoms with Crippen LogP contribution in [0.15, 0.2) is 30.5 Å². The van der Waals surface area contributed by atoms with Crippen molar-refractivity contribution >= 4 is 106 Å². The number of amides is 14. The van der Waals surface area contributed by atoms with Gasteiger partial charge in [-0.05, 0) is 122 Å². The first-order valence-corrected chi connectivity index (χ1v) is 34.4. The molecule has 0 aliphatic rings. The highest BCUT2D eigenvalue weighted by Gasteiger charge is 2.39. The number of benzene rings is 1. The Morgan fingerprint density at radius 2 is 0.817 bits per heavy atom. The summed E-state index contributed by atoms with van der Waals surface area (Å²) >= 11 is 0. The van der Waals surface area contributed by atoms with Crippen molar-refractivity contribution in [2.75, 3.05) is 19.7 Å². The number of carboxylic acids is 2. The molecule has 0 radical (unpaired) electrons. The molecule has 14 amide bonds. The fraction of sp³-hybridized carbons (Fsp3) is 0.636. The van der Waals surface area contributed by atoms with Gasteiger partial charge in [-0.2, -0.15) is 0 Å². The Labute approximate surface area is 602 Å². The zero-order valence-electron chi connectivity index (χ0n) is 60.6. The van der Waals surface area contributed by atoms with E-state index in [-0.39, 0.29) is 69.9 Å². The molecule has 2 rings (SSSR count). The Morgan fingerprint density at radius 3 is 1.28 bits per heavy atom. The SMILES string of the molecule is CC(C)C[C@H](NC(=O)[C@@H](N)C(C)C)C(=O)N[C@@H](CO)C(=O)N[C@@H](C)C(=O)N[C@@H](C)C(=O)N[C@@H](CC(=O)O)C(=O)N[C@@H](CCCCN)C(=O)N[C@H](C(=O)N[C@@H](CC(N)=O)C(=O)N[C@H](C(=O)N[C@@H](CCCCN)C(=O)N[C@@H](C)C(=O)N[C@@H](C)C(=O)N[C@@H](Cc1c[nH]c2ccccc12)C(=O)O)C(C)C)[C@@H](C)O. The third-order valence-electron chi connectivity index (χ3n) is 16.4. The van der Waals surface area contributed by atoms with E-state index >= 15 is 0 Å². The number of aliphatic hydroxyl groups excluding tert-OH is 2. The van der Waals surface area contributed by atoms with Crippen LogP contribution in [0.4, 0.5) is 0 Å². The maximum atomic E-state index is 14.1. The van der Waals surface area contributed by atoms with Gasteiger partial charge in [0.2, 0.25) is 82.7 Å². The van der Waals surface area contributed by atoms with Gasteiger partial charge in [-0.3, -0.25) is 71.9 Å². The van der Waals surface area contributed by atoms with E-state index in [9.17, 15) is 97.1 Å². The Kier molecular flexibility index (Phi) is 38.6. The fourth-order valence-corrected chi connectivity index (χ4v) is 10.2. The quantitative estimate of drug-likeness (QED) is 0.0274. The summed E-state index contributed by atoms with van der Waals surface area (Å²) in [6.45, 7) is 15.2. The lowest BCUT2D eigenvalue weighted by molar-refractivity contribution is -0.142. The Bertz CT molecular complexity index is 3310. The number of aliphatic carboxylic acids is 2. The van der Waals surface area contributed by atoms with E-state index in [0.717, 1.165) is 24.8 Å². The molecule has 38 heteroatoms. The molecule has 0 spiro atoms. The van der Waals surface area contributed by atoms with Gasteiger partial charge in [-0.1, -0.05) is 59.7 Å². The third-order valence-corrected chi connectivity index (χ3v) is 16.4. The molecule has 582 valence electrons. The molecule has 1 aromatic carbocycles. The van der Waals surface area contributed by atoms with Crippen molar-refractivity contribution in [1.29, 1.82) is 0 Å². The van der Waals surface area contributed by atoms with E-state index in [4.69, 9.17) is 22.9 Å². The monoisotopic (exact) mass is 1470 g/mol. The highest BCUT2D eigenvalue weighted by atomic mass is 16.4. The van der Waals surface area contributed by atoms with Crippen LogP contribution in [-0.4, -0.2) is 230 Å². The van der Waals surface area contributed by atoms with Crippen molar-refractivity contribution in [1.82, 2.24) is 74.1 Å². The van der Waals surface area contributed by atoms with Gasteiger partial charge < -0.3 is 117 Å². The first-order chi connectivity index (χ1) is 48.7. The summed E-state index contributed by atoms with van der Waals surface area (Å²) in [5, 5.41) is 72.2. The van der Waals surface area contributed by atoms with Gasteiger partial charge in [-0.15, -0.1) is 0 Å². The smallest absolute Gasteiger partial charge is 0.326 e. The predicted molar refractivity (Wildman–Crippen MR) is 375 cm³/mol. The van der Waals surface area contributed by atoms with E-state index in [1.165, 1.54) is 34.6 Å². The lowest BCUT2D eigenvalue weighted by atomic mass is 10.0. The molecule has 38 nitrogen and oxygen atoms in total. The number of H-pyrrole nitrogens is 1. The number of aliphatic hydroxyl groups is 2. The van der Waals surface area contributed by atoms with Crippen molar-refractivity contribution in [3.05, 3.63) is 36.0 Å². The van der Waals surface area contributed by atoms with Crippen molar-refractivity contribution in [3.8, 4) is 0 Å². The van der Waals surface area contributed by atoms with E-state index in [0.29, 0.717) is 12.0 Å². The van der Waals surface area contributed by atoms with Crippen molar-refractivity contribution in [2.45, 2.75) is 231 Å². The Morgan fingerprint density at radius 1 is 0.433 bits per heavy atom. The summed E-state index contributed by atoms with van der Waals surface area (Å²) < 4.78 is 0. The van der Waals surface area contributed by atoms with Crippen molar-refractivity contribution in [2.24, 2.45) is 40.7 Å². The molecule has 26 N–H and O–H groups in total. The predicted octanol–water partition coefficient (Wildman–Crippen LogP) is -6.16. The number of primary amides is 1. The van der Waals surface area contributed by atoms with Gasteiger partial charge >= 0.3 is 11.9 Å². The zero-order chi connectivity index (χ0) is 79.0. The number of aromatic nitrogens is 1. The number of carbonyl (C=O) groups excluding carboxylic acids is 14. The first kappa shape index (κ1) is 90.2. The second-order valence-corrected chi connectivity index (χ2v) is 26.6. The number of para-hydroxylation sites is 1. The van der Waals surface area contributed by atoms with Crippen molar-refractivity contribution in [3.63, 3.8) is 0 Å². The molecule has 0 bridgehead atoms. The molecule has 0 aliphatic carbocycles. The van der Waals surface area contributed by atoms with E-state index < -0.39 is 211 Å². The van der Waals surface area contributed by atoms with Crippen LogP contribution in [0.5, 0.6) is 0 Å². The number of nitrogens with one attached hydrogen (secondary N) is 14. The molecular weight excluding hydrogens is 1360 g/mol. The minimum absolute atomic E-state index is 0.0506. The van der Waals surface area contributed by atoms with Gasteiger partial charge in [0.05, 0.1) is 31.6 Å². The van der Waals surface area contributed by atoms with Crippen LogP contribution in [0.1, 0.15) is 140 Å². The van der Waals surface area contributed by atoms with Crippen LogP contribution in [0.25, 0.3) is 10.9 Å². The third kappa shape index (κ3) is 30.6. The first-order valence-electron chi connectivity index (χ1n) is 34.4. The van der Waals surface area contributed by atoms with E-state index in [1.54, 1.807) is 58.2 Å². The average molecular weight is 1470 g/mol. The number of aromatic amines is 1. The number of nitrogens with two attached hydrogens (primary N) is 4. The molecule has 2 aromatic rings. The van der Waals surface area contributed by atoms with Crippen LogP contribution in [0.3, 0.4) is 0 Å². The van der Waals surface area contributed by atoms with Crippen LogP contribution in [0, 0.1) is 17.8 Å². The maximum Gasteiger partial charge on any atom is 0.326 e. The molecule has 104 heavy (non-hydrogen) atoms. The van der Waals surface area contributed by atoms with Crippen LogP contribution < -0.4 is 92.1 Å². The van der Waals surface area contributed by atoms with E-state index in [1.807, 2.05) is 0 Å². The average Bonchev–Trinajstić information content (AvgIpc) is 1.64. The minimum Gasteiger partial charge on any atom is -0.481 e. The minimum atomic E-state index is -2.00. The number of carbonyl (C=O) groups is 16. The molecule has 0 unspecified atom stereocenters. The fourth-order valence-electron chi connectivity index (χ4n) is 10.2. The summed E-state index contributed by atoms with van der Waals surface area (Å²) in [6, 6.07) is -14.1. The summed E-state index contributed by atoms with van der Waals surface area (Å²) in [7, 11) is 0. The normalized spacial score (nSPS) is 15.6. The number of unbranched alkanes of at least 4 members (excludes halogenated alkanes) is 2. The van der Waals surface area contributed by atoms with Gasteiger partial charge in [0, 0.05) is 23.5 Å². The number of hydrogen-bond acceptors (Lipinski definition) is 21. The number of hydrogen-bond donors (Lipinski definition) is 22. The number of carboxylic acid groups (broad SMARTS) is 2. The molecule has 0 aliphatic heterocycles. The number of rotatable bonds is 47. The maximum absolute atomic E-state index is 14.1. The summed E-state index contributed by atoms with van der Waals surface area (Å²) in [5.74, 6) is -18.5. The van der Waals surface area contributed by atoms with Crippen LogP contribution >= 0.6 is 0 Å². The van der Waals surface area contributed by atoms with Gasteiger partial charge in [-0.25, -0.2) is 4.79 Å².